The van der Waals surface area contributed by atoms with E-state index in [1.807, 2.05) is 12.1 Å². The topological polar surface area (TPSA) is 91.4 Å². The molecule has 1 aromatic heterocycles. The Bertz CT molecular complexity index is 980. The number of aryl methyl sites for hydroxylation is 1. The van der Waals surface area contributed by atoms with Crippen molar-refractivity contribution in [2.45, 2.75) is 45.1 Å². The van der Waals surface area contributed by atoms with Gasteiger partial charge in [0.25, 0.3) is 11.8 Å². The van der Waals surface area contributed by atoms with Gasteiger partial charge in [-0.2, -0.15) is 5.01 Å². The largest absolute Gasteiger partial charge is 0.344 e. The maximum atomic E-state index is 12.9. The Morgan fingerprint density at radius 2 is 1.93 bits per heavy atom. The number of rotatable bonds is 3. The molecule has 1 aliphatic heterocycles. The quantitative estimate of drug-likeness (QED) is 0.719. The zero-order valence-electron chi connectivity index (χ0n) is 16.1. The van der Waals surface area contributed by atoms with Crippen LogP contribution < -0.4 is 10.7 Å². The van der Waals surface area contributed by atoms with Gasteiger partial charge in [0.1, 0.15) is 15.4 Å². The van der Waals surface area contributed by atoms with Gasteiger partial charge in [-0.3, -0.25) is 15.0 Å². The maximum Gasteiger partial charge on any atom is 0.344 e. The molecular weight excluding hydrogens is 412 g/mol. The summed E-state index contributed by atoms with van der Waals surface area (Å²) in [5.74, 6) is -0.382. The highest BCUT2D eigenvalue weighted by molar-refractivity contribution is 7.17. The predicted molar refractivity (Wildman–Crippen MR) is 111 cm³/mol. The molecule has 2 N–H and O–H groups in total. The highest BCUT2D eigenvalue weighted by Crippen LogP contribution is 2.36. The van der Waals surface area contributed by atoms with E-state index in [4.69, 9.17) is 11.6 Å². The number of hydrazine groups is 1. The van der Waals surface area contributed by atoms with Crippen LogP contribution in [-0.2, 0) is 4.79 Å². The molecule has 2 fully saturated rings. The zero-order valence-corrected chi connectivity index (χ0v) is 17.7. The molecule has 0 unspecified atom stereocenters. The molecule has 1 aliphatic carbocycles. The Kier molecular flexibility index (Phi) is 5.08. The van der Waals surface area contributed by atoms with E-state index >= 15 is 0 Å². The van der Waals surface area contributed by atoms with Crippen molar-refractivity contribution in [3.63, 3.8) is 0 Å². The molecule has 152 valence electrons. The van der Waals surface area contributed by atoms with Crippen LogP contribution in [0.5, 0.6) is 0 Å². The monoisotopic (exact) mass is 432 g/mol. The van der Waals surface area contributed by atoms with Crippen LogP contribution in [0.3, 0.4) is 0 Å². The standard InChI is InChI=1S/C20H21ClN4O3S/c1-11-7-9-20(10-8-11)18(27)25(19(28)23-20)24-16(26)15-12(2)22-17(29-15)13-3-5-14(21)6-4-13/h3-6,11H,7-10H2,1-2H3,(H,23,28)(H,24,26). The van der Waals surface area contributed by atoms with Gasteiger partial charge in [-0.25, -0.2) is 9.78 Å². The molecular formula is C20H21ClN4O3S. The smallest absolute Gasteiger partial charge is 0.322 e. The molecule has 2 aliphatic rings. The van der Waals surface area contributed by atoms with Gasteiger partial charge in [-0.15, -0.1) is 11.3 Å². The first-order valence-corrected chi connectivity index (χ1v) is 10.7. The van der Waals surface area contributed by atoms with Gasteiger partial charge < -0.3 is 5.32 Å². The number of nitrogens with zero attached hydrogens (tertiary/aromatic N) is 2. The van der Waals surface area contributed by atoms with Gasteiger partial charge in [0.15, 0.2) is 0 Å². The Morgan fingerprint density at radius 3 is 2.59 bits per heavy atom. The second kappa shape index (κ2) is 7.42. The highest BCUT2D eigenvalue weighted by Gasteiger charge is 2.53. The predicted octanol–water partition coefficient (Wildman–Crippen LogP) is 3.92. The highest BCUT2D eigenvalue weighted by atomic mass is 35.5. The molecule has 2 heterocycles. The summed E-state index contributed by atoms with van der Waals surface area (Å²) in [6.07, 6.45) is 2.91. The normalized spacial score (nSPS) is 24.1. The number of hydrogen-bond acceptors (Lipinski definition) is 5. The number of urea groups is 1. The van der Waals surface area contributed by atoms with Crippen LogP contribution in [0, 0.1) is 12.8 Å². The van der Waals surface area contributed by atoms with Gasteiger partial charge in [-0.05, 0) is 50.7 Å². The van der Waals surface area contributed by atoms with Crippen molar-refractivity contribution in [1.82, 2.24) is 20.7 Å². The van der Waals surface area contributed by atoms with E-state index in [-0.39, 0.29) is 5.91 Å². The molecule has 1 saturated heterocycles. The van der Waals surface area contributed by atoms with Gasteiger partial charge in [-0.1, -0.05) is 30.7 Å². The fourth-order valence-electron chi connectivity index (χ4n) is 3.79. The summed E-state index contributed by atoms with van der Waals surface area (Å²) in [5.41, 5.74) is 2.95. The number of amides is 4. The lowest BCUT2D eigenvalue weighted by Crippen LogP contribution is -2.51. The summed E-state index contributed by atoms with van der Waals surface area (Å²) in [6, 6.07) is 6.58. The molecule has 0 bridgehead atoms. The van der Waals surface area contributed by atoms with Gasteiger partial charge in [0, 0.05) is 10.6 Å². The van der Waals surface area contributed by atoms with Crippen molar-refractivity contribution in [2.24, 2.45) is 5.92 Å². The molecule has 2 aromatic rings. The lowest BCUT2D eigenvalue weighted by Gasteiger charge is -2.33. The van der Waals surface area contributed by atoms with Gasteiger partial charge in [0.05, 0.1) is 5.69 Å². The Labute approximate surface area is 177 Å². The number of nitrogens with one attached hydrogen (secondary N) is 2. The van der Waals surface area contributed by atoms with Crippen LogP contribution in [0.15, 0.2) is 24.3 Å². The summed E-state index contributed by atoms with van der Waals surface area (Å²) < 4.78 is 0. The van der Waals surface area contributed by atoms with Crippen LogP contribution in [0.4, 0.5) is 4.79 Å². The number of aromatic nitrogens is 1. The average molecular weight is 433 g/mol. The molecule has 29 heavy (non-hydrogen) atoms. The second-order valence-corrected chi connectivity index (χ2v) is 9.15. The summed E-state index contributed by atoms with van der Waals surface area (Å²) in [6.45, 7) is 3.86. The Morgan fingerprint density at radius 1 is 1.28 bits per heavy atom. The zero-order chi connectivity index (χ0) is 20.8. The lowest BCUT2D eigenvalue weighted by atomic mass is 9.77. The van der Waals surface area contributed by atoms with Gasteiger partial charge >= 0.3 is 6.03 Å². The lowest BCUT2D eigenvalue weighted by molar-refractivity contribution is -0.134. The van der Waals surface area contributed by atoms with E-state index in [1.54, 1.807) is 19.1 Å². The van der Waals surface area contributed by atoms with Crippen molar-refractivity contribution in [2.75, 3.05) is 0 Å². The SMILES string of the molecule is Cc1nc(-c2ccc(Cl)cc2)sc1C(=O)NN1C(=O)NC2(CCC(C)CC2)C1=O. The number of imide groups is 1. The van der Waals surface area contributed by atoms with Crippen LogP contribution in [0.2, 0.25) is 5.02 Å². The molecule has 1 spiro atoms. The molecule has 4 rings (SSSR count). The van der Waals surface area contributed by atoms with Crippen LogP contribution in [-0.4, -0.2) is 33.4 Å². The summed E-state index contributed by atoms with van der Waals surface area (Å²) in [4.78, 5) is 42.9. The maximum absolute atomic E-state index is 12.9. The van der Waals surface area contributed by atoms with Crippen molar-refractivity contribution < 1.29 is 14.4 Å². The molecule has 1 aromatic carbocycles. The molecule has 7 nitrogen and oxygen atoms in total. The number of halogens is 1. The Hall–Kier alpha value is -2.45. The fraction of sp³-hybridized carbons (Fsp3) is 0.400. The van der Waals surface area contributed by atoms with E-state index in [2.05, 4.69) is 22.7 Å². The third-order valence-electron chi connectivity index (χ3n) is 5.60. The number of hydrogen-bond donors (Lipinski definition) is 2. The van der Waals surface area contributed by atoms with E-state index in [0.29, 0.717) is 39.4 Å². The average Bonchev–Trinajstić information content (AvgIpc) is 3.18. The Balaban J connectivity index is 1.52. The molecule has 9 heteroatoms. The second-order valence-electron chi connectivity index (χ2n) is 7.72. The van der Waals surface area contributed by atoms with E-state index in [9.17, 15) is 14.4 Å². The van der Waals surface area contributed by atoms with Crippen molar-refractivity contribution in [3.8, 4) is 10.6 Å². The van der Waals surface area contributed by atoms with Crippen molar-refractivity contribution in [1.29, 1.82) is 0 Å². The third kappa shape index (κ3) is 3.62. The molecule has 4 amide bonds. The first kappa shape index (κ1) is 19.8. The minimum absolute atomic E-state index is 0.355. The first-order chi connectivity index (χ1) is 13.8. The van der Waals surface area contributed by atoms with E-state index in [0.717, 1.165) is 23.4 Å². The minimum atomic E-state index is -0.895. The van der Waals surface area contributed by atoms with Crippen molar-refractivity contribution >= 4 is 40.8 Å². The van der Waals surface area contributed by atoms with E-state index in [1.165, 1.54) is 11.3 Å². The number of carbonyl (C=O) groups is 3. The summed E-state index contributed by atoms with van der Waals surface area (Å²) in [5, 5.41) is 4.90. The summed E-state index contributed by atoms with van der Waals surface area (Å²) in [7, 11) is 0. The first-order valence-electron chi connectivity index (χ1n) is 9.50. The number of thiazole rings is 1. The van der Waals surface area contributed by atoms with E-state index < -0.39 is 17.5 Å². The van der Waals surface area contributed by atoms with Gasteiger partial charge in [0.2, 0.25) is 0 Å². The van der Waals surface area contributed by atoms with Crippen molar-refractivity contribution in [3.05, 3.63) is 39.9 Å². The molecule has 1 saturated carbocycles. The minimum Gasteiger partial charge on any atom is -0.322 e. The van der Waals surface area contributed by atoms with Crippen LogP contribution in [0.25, 0.3) is 10.6 Å². The number of benzene rings is 1. The summed E-state index contributed by atoms with van der Waals surface area (Å²) >= 11 is 7.13. The van der Waals surface area contributed by atoms with Crippen LogP contribution >= 0.6 is 22.9 Å². The van der Waals surface area contributed by atoms with Crippen LogP contribution in [0.1, 0.15) is 48.0 Å². The third-order valence-corrected chi connectivity index (χ3v) is 7.05. The fourth-order valence-corrected chi connectivity index (χ4v) is 4.88. The number of carbonyl (C=O) groups excluding carboxylic acids is 3. The molecule has 0 atom stereocenters. The molecule has 0 radical (unpaired) electrons.